The summed E-state index contributed by atoms with van der Waals surface area (Å²) in [5.74, 6) is -0.981. The van der Waals surface area contributed by atoms with E-state index in [9.17, 15) is 24.6 Å². The summed E-state index contributed by atoms with van der Waals surface area (Å²) < 4.78 is 10.9. The lowest BCUT2D eigenvalue weighted by molar-refractivity contribution is -0.248. The van der Waals surface area contributed by atoms with Crippen LogP contribution in [-0.2, 0) is 19.1 Å². The van der Waals surface area contributed by atoms with Crippen LogP contribution in [0.2, 0.25) is 0 Å². The van der Waals surface area contributed by atoms with Gasteiger partial charge in [0.1, 0.15) is 19.0 Å². The van der Waals surface area contributed by atoms with Crippen LogP contribution in [0.1, 0.15) is 75.1 Å². The maximum absolute atomic E-state index is 12.9. The van der Waals surface area contributed by atoms with E-state index in [-0.39, 0.29) is 30.1 Å². The van der Waals surface area contributed by atoms with Crippen LogP contribution >= 0.6 is 0 Å². The van der Waals surface area contributed by atoms with Gasteiger partial charge in [0.2, 0.25) is 0 Å². The van der Waals surface area contributed by atoms with E-state index in [0.29, 0.717) is 50.7 Å². The lowest BCUT2D eigenvalue weighted by Gasteiger charge is -2.65. The highest BCUT2D eigenvalue weighted by Gasteiger charge is 2.71. The van der Waals surface area contributed by atoms with Crippen LogP contribution in [0.4, 0.5) is 0 Å². The Bertz CT molecular complexity index is 1150. The third kappa shape index (κ3) is 3.41. The Morgan fingerprint density at radius 1 is 1.14 bits per heavy atom. The minimum absolute atomic E-state index is 0.0699. The molecule has 0 bridgehead atoms. The van der Waals surface area contributed by atoms with Gasteiger partial charge in [-0.2, -0.15) is 0 Å². The fraction of sp³-hybridized carbons (Fsp3) is 0.655. The second-order valence-electron chi connectivity index (χ2n) is 12.3. The van der Waals surface area contributed by atoms with Gasteiger partial charge in [0.25, 0.3) is 0 Å². The first-order valence-corrected chi connectivity index (χ1v) is 13.6. The zero-order valence-electron chi connectivity index (χ0n) is 21.2. The largest absolute Gasteiger partial charge is 0.459 e. The topological polar surface area (TPSA) is 123 Å². The number of aliphatic hydroxyl groups is 2. The standard InChI is InChI=1S/C29H35NO7/c1-26-8-5-22-23(29(26,35)11-7-21(26)19-13-24(32)36-16-19)6-10-28(34)14-20(4-9-27(22,28)17-31)37-25(33)18-3-2-12-30-15-18/h2-3,12-13,15,17,20-23,34-35H,4-11,14,16H2,1H3/t20-,21+,22-,23+,26+,27-,28-,29-/m0/s1. The first kappa shape index (κ1) is 24.7. The highest BCUT2D eigenvalue weighted by molar-refractivity contribution is 5.89. The van der Waals surface area contributed by atoms with Crippen molar-refractivity contribution in [2.45, 2.75) is 82.0 Å². The van der Waals surface area contributed by atoms with Crippen molar-refractivity contribution < 1.29 is 34.1 Å². The summed E-state index contributed by atoms with van der Waals surface area (Å²) in [5, 5.41) is 24.3. The summed E-state index contributed by atoms with van der Waals surface area (Å²) in [6.07, 6.45) is 10.0. The number of nitrogens with zero attached hydrogens (tertiary/aromatic N) is 1. The van der Waals surface area contributed by atoms with E-state index in [1.165, 1.54) is 6.20 Å². The normalized spacial score (nSPS) is 44.6. The lowest BCUT2D eigenvalue weighted by atomic mass is 9.41. The molecule has 0 saturated heterocycles. The van der Waals surface area contributed by atoms with Gasteiger partial charge in [-0.1, -0.05) is 6.92 Å². The van der Waals surface area contributed by atoms with Gasteiger partial charge in [-0.3, -0.25) is 4.98 Å². The van der Waals surface area contributed by atoms with E-state index in [0.717, 1.165) is 24.7 Å². The predicted octanol–water partition coefficient (Wildman–Crippen LogP) is 3.16. The van der Waals surface area contributed by atoms with Crippen molar-refractivity contribution in [3.05, 3.63) is 41.7 Å². The molecule has 0 radical (unpaired) electrons. The third-order valence-corrected chi connectivity index (χ3v) is 11.0. The Morgan fingerprint density at radius 3 is 2.65 bits per heavy atom. The van der Waals surface area contributed by atoms with Gasteiger partial charge >= 0.3 is 11.9 Å². The van der Waals surface area contributed by atoms with Gasteiger partial charge in [-0.25, -0.2) is 9.59 Å². The number of aromatic nitrogens is 1. The molecule has 8 atom stereocenters. The van der Waals surface area contributed by atoms with Gasteiger partial charge in [-0.15, -0.1) is 0 Å². The average molecular weight is 510 g/mol. The Morgan fingerprint density at radius 2 is 1.95 bits per heavy atom. The quantitative estimate of drug-likeness (QED) is 0.469. The van der Waals surface area contributed by atoms with E-state index in [2.05, 4.69) is 11.9 Å². The van der Waals surface area contributed by atoms with Gasteiger partial charge < -0.3 is 24.5 Å². The number of hydrogen-bond donors (Lipinski definition) is 2. The molecule has 2 heterocycles. The number of ether oxygens (including phenoxy) is 2. The van der Waals surface area contributed by atoms with Gasteiger partial charge in [0.05, 0.1) is 22.2 Å². The first-order chi connectivity index (χ1) is 17.7. The molecule has 8 nitrogen and oxygen atoms in total. The van der Waals surface area contributed by atoms with Crippen LogP contribution in [0.15, 0.2) is 36.2 Å². The van der Waals surface area contributed by atoms with E-state index in [4.69, 9.17) is 9.47 Å². The highest BCUT2D eigenvalue weighted by atomic mass is 16.5. The van der Waals surface area contributed by atoms with Crippen LogP contribution in [0.3, 0.4) is 0 Å². The molecule has 0 unspecified atom stereocenters. The Kier molecular flexibility index (Phi) is 5.66. The molecule has 4 saturated carbocycles. The molecule has 8 heteroatoms. The molecule has 4 aliphatic carbocycles. The Hall–Kier alpha value is -2.58. The average Bonchev–Trinajstić information content (AvgIpc) is 3.43. The van der Waals surface area contributed by atoms with Crippen molar-refractivity contribution in [3.8, 4) is 0 Å². The number of pyridine rings is 1. The van der Waals surface area contributed by atoms with E-state index >= 15 is 0 Å². The third-order valence-electron chi connectivity index (χ3n) is 11.0. The van der Waals surface area contributed by atoms with Crippen LogP contribution < -0.4 is 0 Å². The van der Waals surface area contributed by atoms with E-state index < -0.39 is 34.1 Å². The monoisotopic (exact) mass is 509 g/mol. The number of esters is 2. The maximum atomic E-state index is 12.9. The second kappa shape index (κ2) is 8.46. The van der Waals surface area contributed by atoms with E-state index in [1.54, 1.807) is 24.4 Å². The molecule has 1 aromatic rings. The van der Waals surface area contributed by atoms with Crippen molar-refractivity contribution in [1.29, 1.82) is 0 Å². The van der Waals surface area contributed by atoms with Gasteiger partial charge in [0, 0.05) is 30.3 Å². The summed E-state index contributed by atoms with van der Waals surface area (Å²) in [5.41, 5.74) is -2.33. The molecule has 0 spiro atoms. The predicted molar refractivity (Wildman–Crippen MR) is 131 cm³/mol. The molecule has 0 aromatic carbocycles. The lowest BCUT2D eigenvalue weighted by Crippen LogP contribution is -2.69. The molecule has 1 aromatic heterocycles. The number of fused-ring (bicyclic) bond motifs is 5. The zero-order chi connectivity index (χ0) is 26.1. The van der Waals surface area contributed by atoms with Crippen molar-refractivity contribution in [2.75, 3.05) is 6.61 Å². The van der Waals surface area contributed by atoms with Crippen LogP contribution in [-0.4, -0.2) is 57.3 Å². The summed E-state index contributed by atoms with van der Waals surface area (Å²) in [6.45, 7) is 2.42. The van der Waals surface area contributed by atoms with Crippen molar-refractivity contribution in [2.24, 2.45) is 28.6 Å². The zero-order valence-corrected chi connectivity index (χ0v) is 21.2. The molecule has 5 aliphatic rings. The van der Waals surface area contributed by atoms with Crippen LogP contribution in [0.25, 0.3) is 0 Å². The second-order valence-corrected chi connectivity index (χ2v) is 12.3. The molecule has 37 heavy (non-hydrogen) atoms. The Balaban J connectivity index is 1.25. The number of carbonyl (C=O) groups is 3. The number of aldehydes is 1. The highest BCUT2D eigenvalue weighted by Crippen LogP contribution is 2.70. The molecule has 6 rings (SSSR count). The number of rotatable bonds is 4. The summed E-state index contributed by atoms with van der Waals surface area (Å²) in [6, 6.07) is 3.32. The first-order valence-electron chi connectivity index (χ1n) is 13.6. The van der Waals surface area contributed by atoms with Gasteiger partial charge in [-0.05, 0) is 86.8 Å². The van der Waals surface area contributed by atoms with Crippen LogP contribution in [0, 0.1) is 28.6 Å². The van der Waals surface area contributed by atoms with Crippen molar-refractivity contribution in [1.82, 2.24) is 4.98 Å². The smallest absolute Gasteiger partial charge is 0.339 e. The van der Waals surface area contributed by atoms with Gasteiger partial charge in [0.15, 0.2) is 0 Å². The molecule has 0 amide bonds. The number of cyclic esters (lactones) is 1. The fourth-order valence-electron chi connectivity index (χ4n) is 9.12. The van der Waals surface area contributed by atoms with Crippen LogP contribution in [0.5, 0.6) is 0 Å². The van der Waals surface area contributed by atoms with E-state index in [1.807, 2.05) is 0 Å². The molecule has 1 aliphatic heterocycles. The molecule has 2 N–H and O–H groups in total. The Labute approximate surface area is 216 Å². The minimum atomic E-state index is -1.29. The van der Waals surface area contributed by atoms with Crippen molar-refractivity contribution >= 4 is 18.2 Å². The fourth-order valence-corrected chi connectivity index (χ4v) is 9.12. The molecule has 4 fully saturated rings. The molecular formula is C29H35NO7. The SMILES string of the molecule is C[C@]12CC[C@H]3[C@@H](CC[C@]4(O)C[C@@H](OC(=O)c5cccnc5)CC[C@]34C=O)[C@@]1(O)CC[C@@H]2C1=CC(=O)OC1. The number of hydrogen-bond acceptors (Lipinski definition) is 8. The summed E-state index contributed by atoms with van der Waals surface area (Å²) in [4.78, 5) is 41.3. The minimum Gasteiger partial charge on any atom is -0.459 e. The molecule has 198 valence electrons. The number of carbonyl (C=O) groups excluding carboxylic acids is 3. The summed E-state index contributed by atoms with van der Waals surface area (Å²) in [7, 11) is 0. The van der Waals surface area contributed by atoms with Crippen molar-refractivity contribution in [3.63, 3.8) is 0 Å². The summed E-state index contributed by atoms with van der Waals surface area (Å²) >= 11 is 0. The molecular weight excluding hydrogens is 474 g/mol. The maximum Gasteiger partial charge on any atom is 0.339 e.